The van der Waals surface area contributed by atoms with E-state index in [0.717, 1.165) is 57.5 Å². The van der Waals surface area contributed by atoms with Crippen LogP contribution in [0.1, 0.15) is 41.6 Å². The lowest BCUT2D eigenvalue weighted by molar-refractivity contribution is -0.137. The summed E-state index contributed by atoms with van der Waals surface area (Å²) in [6.07, 6.45) is -0.523. The predicted molar refractivity (Wildman–Crippen MR) is 90.6 cm³/mol. The van der Waals surface area contributed by atoms with E-state index >= 15 is 0 Å². The molecule has 25 heavy (non-hydrogen) atoms. The van der Waals surface area contributed by atoms with Crippen molar-refractivity contribution >= 4 is 5.78 Å². The molecule has 0 aromatic heterocycles. The summed E-state index contributed by atoms with van der Waals surface area (Å²) in [4.78, 5) is 17.4. The molecule has 2 saturated heterocycles. The van der Waals surface area contributed by atoms with Crippen molar-refractivity contribution in [3.05, 3.63) is 35.4 Å². The molecule has 1 aromatic rings. The highest BCUT2D eigenvalue weighted by Crippen LogP contribution is 2.31. The van der Waals surface area contributed by atoms with E-state index in [1.165, 1.54) is 12.1 Å². The Labute approximate surface area is 146 Å². The van der Waals surface area contributed by atoms with Crippen LogP contribution < -0.4 is 0 Å². The van der Waals surface area contributed by atoms with Gasteiger partial charge in [-0.15, -0.1) is 0 Å². The zero-order chi connectivity index (χ0) is 18.0. The Hall–Kier alpha value is -1.40. The molecule has 3 nitrogen and oxygen atoms in total. The Morgan fingerprint density at radius 3 is 2.52 bits per heavy atom. The lowest BCUT2D eigenvalue weighted by atomic mass is 9.88. The van der Waals surface area contributed by atoms with Crippen molar-refractivity contribution in [3.8, 4) is 0 Å². The maximum Gasteiger partial charge on any atom is 0.416 e. The third kappa shape index (κ3) is 4.42. The van der Waals surface area contributed by atoms with Crippen molar-refractivity contribution < 1.29 is 18.0 Å². The standard InChI is InChI=1S/C19H25F3N2O/c1-23-10-7-17(8-11-23)24-9-3-5-15(13-24)18(25)14-4-2-6-16(12-14)19(20,21)22/h2,4,6,12,15,17H,3,5,7-11,13H2,1H3/t15-/m1/s1. The van der Waals surface area contributed by atoms with Crippen LogP contribution in [-0.4, -0.2) is 54.9 Å². The van der Waals surface area contributed by atoms with E-state index < -0.39 is 11.7 Å². The molecule has 2 aliphatic heterocycles. The number of likely N-dealkylation sites (tertiary alicyclic amines) is 2. The van der Waals surface area contributed by atoms with Gasteiger partial charge in [0.25, 0.3) is 0 Å². The van der Waals surface area contributed by atoms with Crippen molar-refractivity contribution in [2.75, 3.05) is 33.2 Å². The zero-order valence-corrected chi connectivity index (χ0v) is 14.6. The molecule has 0 unspecified atom stereocenters. The molecule has 0 bridgehead atoms. The summed E-state index contributed by atoms with van der Waals surface area (Å²) in [6, 6.07) is 5.34. The van der Waals surface area contributed by atoms with E-state index in [0.29, 0.717) is 12.6 Å². The van der Waals surface area contributed by atoms with Gasteiger partial charge in [-0.2, -0.15) is 13.2 Å². The van der Waals surface area contributed by atoms with E-state index in [2.05, 4.69) is 16.8 Å². The van der Waals surface area contributed by atoms with Gasteiger partial charge in [-0.1, -0.05) is 12.1 Å². The van der Waals surface area contributed by atoms with E-state index in [-0.39, 0.29) is 17.3 Å². The van der Waals surface area contributed by atoms with Crippen LogP contribution in [0.25, 0.3) is 0 Å². The first kappa shape index (κ1) is 18.4. The number of carbonyl (C=O) groups excluding carboxylic acids is 1. The lowest BCUT2D eigenvalue weighted by Crippen LogP contribution is -2.48. The van der Waals surface area contributed by atoms with Crippen molar-refractivity contribution in [1.29, 1.82) is 0 Å². The number of benzene rings is 1. The number of piperidine rings is 2. The van der Waals surface area contributed by atoms with E-state index in [1.807, 2.05) is 0 Å². The summed E-state index contributed by atoms with van der Waals surface area (Å²) in [7, 11) is 2.12. The van der Waals surface area contributed by atoms with Crippen LogP contribution in [0, 0.1) is 5.92 Å². The second-order valence-electron chi connectivity index (χ2n) is 7.31. The van der Waals surface area contributed by atoms with Gasteiger partial charge in [-0.05, 0) is 64.5 Å². The Morgan fingerprint density at radius 2 is 1.84 bits per heavy atom. The van der Waals surface area contributed by atoms with Crippen LogP contribution in [0.5, 0.6) is 0 Å². The summed E-state index contributed by atoms with van der Waals surface area (Å²) in [5.41, 5.74) is -0.564. The van der Waals surface area contributed by atoms with Gasteiger partial charge < -0.3 is 4.90 Å². The number of nitrogens with zero attached hydrogens (tertiary/aromatic N) is 2. The van der Waals surface area contributed by atoms with E-state index in [4.69, 9.17) is 0 Å². The molecule has 0 radical (unpaired) electrons. The fourth-order valence-corrected chi connectivity index (χ4v) is 4.00. The van der Waals surface area contributed by atoms with Crippen LogP contribution in [0.3, 0.4) is 0 Å². The summed E-state index contributed by atoms with van der Waals surface area (Å²) >= 11 is 0. The molecular formula is C19H25F3N2O. The molecule has 138 valence electrons. The monoisotopic (exact) mass is 354 g/mol. The first-order valence-electron chi connectivity index (χ1n) is 8.98. The average Bonchev–Trinajstić information content (AvgIpc) is 2.61. The number of hydrogen-bond acceptors (Lipinski definition) is 3. The maximum atomic E-state index is 12.9. The average molecular weight is 354 g/mol. The van der Waals surface area contributed by atoms with Gasteiger partial charge >= 0.3 is 6.18 Å². The third-order valence-electron chi connectivity index (χ3n) is 5.50. The van der Waals surface area contributed by atoms with Gasteiger partial charge in [-0.25, -0.2) is 0 Å². The van der Waals surface area contributed by atoms with Crippen molar-refractivity contribution in [2.45, 2.75) is 37.9 Å². The van der Waals surface area contributed by atoms with E-state index in [9.17, 15) is 18.0 Å². The summed E-state index contributed by atoms with van der Waals surface area (Å²) in [6.45, 7) is 3.78. The van der Waals surface area contributed by atoms with Crippen molar-refractivity contribution in [2.24, 2.45) is 5.92 Å². The highest BCUT2D eigenvalue weighted by molar-refractivity contribution is 5.98. The minimum Gasteiger partial charge on any atom is -0.306 e. The molecule has 1 aromatic carbocycles. The number of hydrogen-bond donors (Lipinski definition) is 0. The number of alkyl halides is 3. The minimum atomic E-state index is -4.41. The molecule has 6 heteroatoms. The van der Waals surface area contributed by atoms with Crippen molar-refractivity contribution in [3.63, 3.8) is 0 Å². The van der Waals surface area contributed by atoms with Crippen LogP contribution in [0.2, 0.25) is 0 Å². The molecule has 0 amide bonds. The second kappa shape index (κ2) is 7.46. The second-order valence-corrected chi connectivity index (χ2v) is 7.31. The highest BCUT2D eigenvalue weighted by atomic mass is 19.4. The molecule has 0 spiro atoms. The minimum absolute atomic E-state index is 0.149. The first-order chi connectivity index (χ1) is 11.8. The maximum absolute atomic E-state index is 12.9. The number of rotatable bonds is 3. The topological polar surface area (TPSA) is 23.6 Å². The molecule has 0 aliphatic carbocycles. The van der Waals surface area contributed by atoms with Gasteiger partial charge in [-0.3, -0.25) is 9.69 Å². The number of carbonyl (C=O) groups is 1. The molecule has 3 rings (SSSR count). The van der Waals surface area contributed by atoms with Crippen LogP contribution in [0.15, 0.2) is 24.3 Å². The Morgan fingerprint density at radius 1 is 1.12 bits per heavy atom. The Balaban J connectivity index is 1.68. The SMILES string of the molecule is CN1CCC(N2CCC[C@@H](C(=O)c3cccc(C(F)(F)F)c3)C2)CC1. The quantitative estimate of drug-likeness (QED) is 0.774. The smallest absolute Gasteiger partial charge is 0.306 e. The summed E-state index contributed by atoms with van der Waals surface area (Å²) in [5.74, 6) is -0.347. The third-order valence-corrected chi connectivity index (χ3v) is 5.50. The number of ketones is 1. The largest absolute Gasteiger partial charge is 0.416 e. The molecule has 2 heterocycles. The van der Waals surface area contributed by atoms with E-state index in [1.54, 1.807) is 0 Å². The summed E-state index contributed by atoms with van der Waals surface area (Å²) in [5, 5.41) is 0. The molecule has 0 N–H and O–H groups in total. The van der Waals surface area contributed by atoms with Crippen molar-refractivity contribution in [1.82, 2.24) is 9.80 Å². The molecule has 2 aliphatic rings. The van der Waals surface area contributed by atoms with Crippen LogP contribution in [0.4, 0.5) is 13.2 Å². The number of Topliss-reactive ketones (excluding diaryl/α,β-unsaturated/α-hetero) is 1. The van der Waals surface area contributed by atoms with Gasteiger partial charge in [0.15, 0.2) is 5.78 Å². The molecule has 0 saturated carbocycles. The number of halogens is 3. The molecular weight excluding hydrogens is 329 g/mol. The fraction of sp³-hybridized carbons (Fsp3) is 0.632. The zero-order valence-electron chi connectivity index (χ0n) is 14.6. The molecule has 2 fully saturated rings. The predicted octanol–water partition coefficient (Wildman–Crippen LogP) is 3.69. The van der Waals surface area contributed by atoms with Gasteiger partial charge in [0.1, 0.15) is 0 Å². The summed E-state index contributed by atoms with van der Waals surface area (Å²) < 4.78 is 38.7. The highest BCUT2D eigenvalue weighted by Gasteiger charge is 2.34. The van der Waals surface area contributed by atoms with Gasteiger partial charge in [0, 0.05) is 24.1 Å². The normalized spacial score (nSPS) is 24.4. The Bertz CT molecular complexity index is 609. The molecule has 1 atom stereocenters. The fourth-order valence-electron chi connectivity index (χ4n) is 4.00. The van der Waals surface area contributed by atoms with Gasteiger partial charge in [0.2, 0.25) is 0 Å². The Kier molecular flexibility index (Phi) is 5.49. The van der Waals surface area contributed by atoms with Crippen LogP contribution >= 0.6 is 0 Å². The first-order valence-corrected chi connectivity index (χ1v) is 8.98. The lowest BCUT2D eigenvalue weighted by Gasteiger charge is -2.41. The van der Waals surface area contributed by atoms with Crippen LogP contribution in [-0.2, 0) is 6.18 Å². The van der Waals surface area contributed by atoms with Gasteiger partial charge in [0.05, 0.1) is 5.56 Å².